The number of thioether (sulfide) groups is 1. The fraction of sp³-hybridized carbons (Fsp3) is 0.357. The van der Waals surface area contributed by atoms with Crippen molar-refractivity contribution in [2.75, 3.05) is 12.8 Å². The van der Waals surface area contributed by atoms with Crippen molar-refractivity contribution in [3.63, 3.8) is 0 Å². The lowest BCUT2D eigenvalue weighted by atomic mass is 10.2. The number of aromatic nitrogens is 2. The Morgan fingerprint density at radius 3 is 2.84 bits per heavy atom. The quantitative estimate of drug-likeness (QED) is 0.820. The van der Waals surface area contributed by atoms with Gasteiger partial charge in [-0.3, -0.25) is 0 Å². The summed E-state index contributed by atoms with van der Waals surface area (Å²) < 4.78 is 3.24. The number of benzene rings is 1. The average molecular weight is 340 g/mol. The SMILES string of the molecule is CNC(CSc1ccccc1Br)Cc1nccn1C. The predicted octanol–water partition coefficient (Wildman–Crippen LogP) is 3.11. The molecule has 1 atom stereocenters. The summed E-state index contributed by atoms with van der Waals surface area (Å²) in [5.41, 5.74) is 0. The standard InChI is InChI=1S/C14H18BrN3S/c1-16-11(9-14-17-7-8-18(14)2)10-19-13-6-4-3-5-12(13)15/h3-8,11,16H,9-10H2,1-2H3. The summed E-state index contributed by atoms with van der Waals surface area (Å²) in [6.07, 6.45) is 4.78. The number of hydrogen-bond donors (Lipinski definition) is 1. The molecule has 1 aromatic heterocycles. The van der Waals surface area contributed by atoms with E-state index in [9.17, 15) is 0 Å². The maximum atomic E-state index is 4.38. The van der Waals surface area contributed by atoms with Crippen LogP contribution in [0.15, 0.2) is 46.0 Å². The minimum absolute atomic E-state index is 0.415. The monoisotopic (exact) mass is 339 g/mol. The molecule has 1 aromatic carbocycles. The van der Waals surface area contributed by atoms with E-state index >= 15 is 0 Å². The number of likely N-dealkylation sites (N-methyl/N-ethyl adjacent to an activating group) is 1. The molecule has 5 heteroatoms. The Hall–Kier alpha value is -0.780. The first kappa shape index (κ1) is 14.6. The summed E-state index contributed by atoms with van der Waals surface area (Å²) in [4.78, 5) is 5.66. The van der Waals surface area contributed by atoms with E-state index < -0.39 is 0 Å². The Morgan fingerprint density at radius 2 is 2.21 bits per heavy atom. The van der Waals surface area contributed by atoms with Crippen LogP contribution in [0.3, 0.4) is 0 Å². The molecule has 0 bridgehead atoms. The van der Waals surface area contributed by atoms with E-state index in [2.05, 4.69) is 49.0 Å². The van der Waals surface area contributed by atoms with E-state index in [1.807, 2.05) is 44.3 Å². The minimum atomic E-state index is 0.415. The molecule has 3 nitrogen and oxygen atoms in total. The third kappa shape index (κ3) is 4.09. The number of nitrogens with zero attached hydrogens (tertiary/aromatic N) is 2. The lowest BCUT2D eigenvalue weighted by Gasteiger charge is -2.16. The summed E-state index contributed by atoms with van der Waals surface area (Å²) in [6, 6.07) is 8.74. The van der Waals surface area contributed by atoms with Gasteiger partial charge in [-0.2, -0.15) is 0 Å². The molecule has 102 valence electrons. The molecule has 0 radical (unpaired) electrons. The van der Waals surface area contributed by atoms with Gasteiger partial charge in [0.15, 0.2) is 0 Å². The molecule has 0 saturated heterocycles. The molecule has 1 heterocycles. The van der Waals surface area contributed by atoms with Gasteiger partial charge in [-0.1, -0.05) is 12.1 Å². The second kappa shape index (κ2) is 7.12. The molecular formula is C14H18BrN3S. The Kier molecular flexibility index (Phi) is 5.48. The molecule has 2 aromatic rings. The lowest BCUT2D eigenvalue weighted by molar-refractivity contribution is 0.586. The van der Waals surface area contributed by atoms with Gasteiger partial charge in [0.2, 0.25) is 0 Å². The van der Waals surface area contributed by atoms with E-state index in [0.717, 1.165) is 22.5 Å². The van der Waals surface area contributed by atoms with Crippen LogP contribution in [-0.2, 0) is 13.5 Å². The summed E-state index contributed by atoms with van der Waals surface area (Å²) in [5, 5.41) is 3.37. The van der Waals surface area contributed by atoms with Gasteiger partial charge < -0.3 is 9.88 Å². The summed E-state index contributed by atoms with van der Waals surface area (Å²) in [6.45, 7) is 0. The van der Waals surface area contributed by atoms with Gasteiger partial charge in [0.1, 0.15) is 5.82 Å². The molecule has 0 aliphatic rings. The number of rotatable bonds is 6. The molecular weight excluding hydrogens is 322 g/mol. The smallest absolute Gasteiger partial charge is 0.109 e. The predicted molar refractivity (Wildman–Crippen MR) is 84.6 cm³/mol. The second-order valence-electron chi connectivity index (χ2n) is 4.39. The number of hydrogen-bond acceptors (Lipinski definition) is 3. The van der Waals surface area contributed by atoms with Crippen molar-refractivity contribution in [2.45, 2.75) is 17.4 Å². The van der Waals surface area contributed by atoms with Gasteiger partial charge in [0, 0.05) is 47.0 Å². The zero-order valence-corrected chi connectivity index (χ0v) is 13.5. The van der Waals surface area contributed by atoms with Crippen LogP contribution in [0.25, 0.3) is 0 Å². The lowest BCUT2D eigenvalue weighted by Crippen LogP contribution is -2.31. The normalized spacial score (nSPS) is 12.6. The molecule has 0 aliphatic heterocycles. The van der Waals surface area contributed by atoms with Crippen molar-refractivity contribution in [1.29, 1.82) is 0 Å². The van der Waals surface area contributed by atoms with Crippen LogP contribution >= 0.6 is 27.7 Å². The summed E-state index contributed by atoms with van der Waals surface area (Å²) in [7, 11) is 4.05. The highest BCUT2D eigenvalue weighted by molar-refractivity contribution is 9.10. The maximum Gasteiger partial charge on any atom is 0.109 e. The number of halogens is 1. The first-order valence-electron chi connectivity index (χ1n) is 6.21. The number of aryl methyl sites for hydroxylation is 1. The molecule has 19 heavy (non-hydrogen) atoms. The molecule has 1 unspecified atom stereocenters. The first-order chi connectivity index (χ1) is 9.20. The Morgan fingerprint density at radius 1 is 1.42 bits per heavy atom. The van der Waals surface area contributed by atoms with Gasteiger partial charge in [0.25, 0.3) is 0 Å². The van der Waals surface area contributed by atoms with E-state index in [0.29, 0.717) is 6.04 Å². The molecule has 0 saturated carbocycles. The fourth-order valence-corrected chi connectivity index (χ4v) is 3.48. The van der Waals surface area contributed by atoms with E-state index in [-0.39, 0.29) is 0 Å². The van der Waals surface area contributed by atoms with Gasteiger partial charge in [-0.05, 0) is 35.1 Å². The van der Waals surface area contributed by atoms with Crippen molar-refractivity contribution in [1.82, 2.24) is 14.9 Å². The van der Waals surface area contributed by atoms with Crippen LogP contribution < -0.4 is 5.32 Å². The topological polar surface area (TPSA) is 29.9 Å². The highest BCUT2D eigenvalue weighted by Crippen LogP contribution is 2.27. The van der Waals surface area contributed by atoms with Crippen LogP contribution in [-0.4, -0.2) is 28.4 Å². The average Bonchev–Trinajstić information content (AvgIpc) is 2.81. The van der Waals surface area contributed by atoms with Crippen LogP contribution in [0.1, 0.15) is 5.82 Å². The Bertz CT molecular complexity index is 527. The van der Waals surface area contributed by atoms with Crippen molar-refractivity contribution >= 4 is 27.7 Å². The van der Waals surface area contributed by atoms with E-state index in [1.54, 1.807) is 0 Å². The Balaban J connectivity index is 1.93. The van der Waals surface area contributed by atoms with Crippen molar-refractivity contribution in [2.24, 2.45) is 7.05 Å². The summed E-state index contributed by atoms with van der Waals surface area (Å²) >= 11 is 5.44. The van der Waals surface area contributed by atoms with Crippen LogP contribution in [0.5, 0.6) is 0 Å². The third-order valence-electron chi connectivity index (χ3n) is 3.03. The van der Waals surface area contributed by atoms with Gasteiger partial charge in [-0.15, -0.1) is 11.8 Å². The van der Waals surface area contributed by atoms with Crippen LogP contribution in [0, 0.1) is 0 Å². The van der Waals surface area contributed by atoms with Crippen LogP contribution in [0.2, 0.25) is 0 Å². The molecule has 2 rings (SSSR count). The maximum absolute atomic E-state index is 4.38. The second-order valence-corrected chi connectivity index (χ2v) is 6.30. The molecule has 0 amide bonds. The largest absolute Gasteiger partial charge is 0.338 e. The molecule has 0 fully saturated rings. The van der Waals surface area contributed by atoms with Crippen molar-refractivity contribution < 1.29 is 0 Å². The van der Waals surface area contributed by atoms with Gasteiger partial charge in [0.05, 0.1) is 0 Å². The third-order valence-corrected chi connectivity index (χ3v) is 5.22. The number of imidazole rings is 1. The highest BCUT2D eigenvalue weighted by Gasteiger charge is 2.11. The van der Waals surface area contributed by atoms with E-state index in [1.165, 1.54) is 4.90 Å². The summed E-state index contributed by atoms with van der Waals surface area (Å²) in [5.74, 6) is 2.14. The highest BCUT2D eigenvalue weighted by atomic mass is 79.9. The minimum Gasteiger partial charge on any atom is -0.338 e. The molecule has 0 spiro atoms. The zero-order valence-electron chi connectivity index (χ0n) is 11.1. The van der Waals surface area contributed by atoms with Gasteiger partial charge >= 0.3 is 0 Å². The first-order valence-corrected chi connectivity index (χ1v) is 7.99. The number of nitrogens with one attached hydrogen (secondary N) is 1. The zero-order chi connectivity index (χ0) is 13.7. The van der Waals surface area contributed by atoms with Crippen molar-refractivity contribution in [3.8, 4) is 0 Å². The molecule has 0 aliphatic carbocycles. The van der Waals surface area contributed by atoms with Gasteiger partial charge in [-0.25, -0.2) is 4.98 Å². The fourth-order valence-electron chi connectivity index (χ4n) is 1.81. The Labute approximate surface area is 126 Å². The molecule has 1 N–H and O–H groups in total. The van der Waals surface area contributed by atoms with Crippen molar-refractivity contribution in [3.05, 3.63) is 47.0 Å². The van der Waals surface area contributed by atoms with E-state index in [4.69, 9.17) is 0 Å². The van der Waals surface area contributed by atoms with Crippen LogP contribution in [0.4, 0.5) is 0 Å².